The molecule has 0 heterocycles. The smallest absolute Gasteiger partial charge is 0.148 e. The van der Waals surface area contributed by atoms with Crippen molar-refractivity contribution in [3.63, 3.8) is 0 Å². The number of hydrogen-bond donors (Lipinski definition) is 1. The summed E-state index contributed by atoms with van der Waals surface area (Å²) >= 11 is 0. The average Bonchev–Trinajstić information content (AvgIpc) is 2.09. The number of sulfone groups is 1. The van der Waals surface area contributed by atoms with E-state index in [0.717, 1.165) is 6.42 Å². The van der Waals surface area contributed by atoms with Gasteiger partial charge >= 0.3 is 0 Å². The topological polar surface area (TPSA) is 46.2 Å². The van der Waals surface area contributed by atoms with Crippen LogP contribution in [0.25, 0.3) is 0 Å². The van der Waals surface area contributed by atoms with E-state index in [2.05, 4.69) is 19.2 Å². The molecule has 0 aromatic rings. The van der Waals surface area contributed by atoms with Crippen LogP contribution in [0.1, 0.15) is 52.9 Å². The maximum absolute atomic E-state index is 11.1. The highest BCUT2D eigenvalue weighted by atomic mass is 32.2. The Balaban J connectivity index is 3.66. The molecule has 0 bridgehead atoms. The van der Waals surface area contributed by atoms with E-state index < -0.39 is 9.84 Å². The van der Waals surface area contributed by atoms with Crippen molar-refractivity contribution in [2.24, 2.45) is 0 Å². The Morgan fingerprint density at radius 1 is 1.06 bits per heavy atom. The van der Waals surface area contributed by atoms with Gasteiger partial charge in [0.1, 0.15) is 9.84 Å². The summed E-state index contributed by atoms with van der Waals surface area (Å²) in [5.74, 6) is 0.228. The SMILES string of the molecule is CCCCCCC(C)NC(C)CS(C)(=O)=O. The largest absolute Gasteiger partial charge is 0.311 e. The molecule has 2 atom stereocenters. The van der Waals surface area contributed by atoms with Crippen LogP contribution in [-0.4, -0.2) is 32.5 Å². The van der Waals surface area contributed by atoms with Gasteiger partial charge < -0.3 is 5.32 Å². The molecular formula is C12H27NO2S. The summed E-state index contributed by atoms with van der Waals surface area (Å²) < 4.78 is 22.2. The summed E-state index contributed by atoms with van der Waals surface area (Å²) in [6, 6.07) is 0.463. The Bertz CT molecular complexity index is 262. The van der Waals surface area contributed by atoms with Crippen LogP contribution in [-0.2, 0) is 9.84 Å². The van der Waals surface area contributed by atoms with E-state index in [0.29, 0.717) is 6.04 Å². The third-order valence-corrected chi connectivity index (χ3v) is 3.72. The second-order valence-electron chi connectivity index (χ2n) is 4.91. The van der Waals surface area contributed by atoms with Gasteiger partial charge in [-0.05, 0) is 20.3 Å². The standard InChI is InChI=1S/C12H27NO2S/c1-5-6-7-8-9-11(2)13-12(3)10-16(4,14)15/h11-13H,5-10H2,1-4H3. The predicted molar refractivity (Wildman–Crippen MR) is 70.5 cm³/mol. The van der Waals surface area contributed by atoms with Crippen molar-refractivity contribution in [1.29, 1.82) is 0 Å². The molecule has 16 heavy (non-hydrogen) atoms. The first-order valence-corrected chi connectivity index (χ1v) is 8.35. The fourth-order valence-electron chi connectivity index (χ4n) is 1.95. The molecule has 0 saturated carbocycles. The highest BCUT2D eigenvalue weighted by Crippen LogP contribution is 2.06. The molecule has 0 rings (SSSR count). The number of hydrogen-bond acceptors (Lipinski definition) is 3. The first-order chi connectivity index (χ1) is 7.35. The van der Waals surface area contributed by atoms with Gasteiger partial charge in [0.05, 0.1) is 5.75 Å². The van der Waals surface area contributed by atoms with E-state index >= 15 is 0 Å². The van der Waals surface area contributed by atoms with Crippen molar-refractivity contribution in [3.8, 4) is 0 Å². The molecule has 0 aromatic heterocycles. The lowest BCUT2D eigenvalue weighted by atomic mass is 10.1. The molecule has 0 aliphatic carbocycles. The second-order valence-corrected chi connectivity index (χ2v) is 7.10. The number of unbranched alkanes of at least 4 members (excludes halogenated alkanes) is 3. The van der Waals surface area contributed by atoms with Gasteiger partial charge in [-0.25, -0.2) is 8.42 Å². The van der Waals surface area contributed by atoms with Crippen LogP contribution in [0.2, 0.25) is 0 Å². The normalized spacial score (nSPS) is 16.0. The minimum atomic E-state index is -2.86. The van der Waals surface area contributed by atoms with Gasteiger partial charge in [-0.2, -0.15) is 0 Å². The predicted octanol–water partition coefficient (Wildman–Crippen LogP) is 2.37. The molecule has 4 heteroatoms. The third kappa shape index (κ3) is 10.4. The third-order valence-electron chi connectivity index (χ3n) is 2.61. The highest BCUT2D eigenvalue weighted by Gasteiger charge is 2.12. The number of nitrogens with one attached hydrogen (secondary N) is 1. The van der Waals surface area contributed by atoms with Crippen LogP contribution in [0, 0.1) is 0 Å². The molecule has 1 N–H and O–H groups in total. The molecule has 0 aliphatic rings. The van der Waals surface area contributed by atoms with E-state index in [-0.39, 0.29) is 11.8 Å². The lowest BCUT2D eigenvalue weighted by Crippen LogP contribution is -2.38. The van der Waals surface area contributed by atoms with Gasteiger partial charge in [0.2, 0.25) is 0 Å². The monoisotopic (exact) mass is 249 g/mol. The molecule has 0 aliphatic heterocycles. The van der Waals surface area contributed by atoms with Crippen LogP contribution in [0.15, 0.2) is 0 Å². The zero-order chi connectivity index (χ0) is 12.6. The van der Waals surface area contributed by atoms with Crippen LogP contribution in [0.4, 0.5) is 0 Å². The molecule has 0 radical (unpaired) electrons. The maximum Gasteiger partial charge on any atom is 0.148 e. The molecule has 0 spiro atoms. The van der Waals surface area contributed by atoms with Crippen LogP contribution < -0.4 is 5.32 Å². The zero-order valence-electron chi connectivity index (χ0n) is 11.1. The van der Waals surface area contributed by atoms with Crippen LogP contribution in [0.3, 0.4) is 0 Å². The van der Waals surface area contributed by atoms with E-state index in [1.165, 1.54) is 31.9 Å². The molecule has 0 fully saturated rings. The molecule has 2 unspecified atom stereocenters. The van der Waals surface area contributed by atoms with Crippen LogP contribution in [0.5, 0.6) is 0 Å². The minimum Gasteiger partial charge on any atom is -0.311 e. The minimum absolute atomic E-state index is 0.0520. The summed E-state index contributed by atoms with van der Waals surface area (Å²) in [7, 11) is -2.86. The summed E-state index contributed by atoms with van der Waals surface area (Å²) in [5.41, 5.74) is 0. The van der Waals surface area contributed by atoms with Gasteiger partial charge in [0.15, 0.2) is 0 Å². The van der Waals surface area contributed by atoms with Crippen LogP contribution >= 0.6 is 0 Å². The Hall–Kier alpha value is -0.0900. The lowest BCUT2D eigenvalue weighted by Gasteiger charge is -2.19. The fraction of sp³-hybridized carbons (Fsp3) is 1.00. The average molecular weight is 249 g/mol. The van der Waals surface area contributed by atoms with Gasteiger partial charge in [0, 0.05) is 18.3 Å². The van der Waals surface area contributed by atoms with E-state index in [1.807, 2.05) is 6.92 Å². The van der Waals surface area contributed by atoms with Gasteiger partial charge in [-0.3, -0.25) is 0 Å². The van der Waals surface area contributed by atoms with Crippen molar-refractivity contribution in [1.82, 2.24) is 5.32 Å². The van der Waals surface area contributed by atoms with Crippen molar-refractivity contribution in [2.45, 2.75) is 65.0 Å². The fourth-order valence-corrected chi connectivity index (χ4v) is 2.95. The number of rotatable bonds is 9. The second kappa shape index (κ2) is 8.07. The molecular weight excluding hydrogens is 222 g/mol. The highest BCUT2D eigenvalue weighted by molar-refractivity contribution is 7.90. The quantitative estimate of drug-likeness (QED) is 0.638. The lowest BCUT2D eigenvalue weighted by molar-refractivity contribution is 0.445. The zero-order valence-corrected chi connectivity index (χ0v) is 11.9. The van der Waals surface area contributed by atoms with E-state index in [9.17, 15) is 8.42 Å². The Morgan fingerprint density at radius 2 is 1.69 bits per heavy atom. The Morgan fingerprint density at radius 3 is 2.19 bits per heavy atom. The molecule has 0 aromatic carbocycles. The van der Waals surface area contributed by atoms with Crippen molar-refractivity contribution in [2.75, 3.05) is 12.0 Å². The summed E-state index contributed by atoms with van der Waals surface area (Å²) in [6.45, 7) is 6.27. The van der Waals surface area contributed by atoms with Gasteiger partial charge in [-0.15, -0.1) is 0 Å². The Kier molecular flexibility index (Phi) is 8.02. The molecule has 3 nitrogen and oxygen atoms in total. The molecule has 98 valence electrons. The summed E-state index contributed by atoms with van der Waals surface area (Å²) in [6.07, 6.45) is 7.49. The van der Waals surface area contributed by atoms with Gasteiger partial charge in [0.25, 0.3) is 0 Å². The van der Waals surface area contributed by atoms with Crippen molar-refractivity contribution < 1.29 is 8.42 Å². The molecule has 0 saturated heterocycles. The van der Waals surface area contributed by atoms with Crippen molar-refractivity contribution >= 4 is 9.84 Å². The molecule has 0 amide bonds. The summed E-state index contributed by atoms with van der Waals surface area (Å²) in [5, 5.41) is 3.33. The van der Waals surface area contributed by atoms with Gasteiger partial charge in [-0.1, -0.05) is 32.6 Å². The maximum atomic E-state index is 11.1. The van der Waals surface area contributed by atoms with Crippen molar-refractivity contribution in [3.05, 3.63) is 0 Å². The van der Waals surface area contributed by atoms with E-state index in [1.54, 1.807) is 0 Å². The Labute approximate surface area is 101 Å². The first-order valence-electron chi connectivity index (χ1n) is 6.29. The first kappa shape index (κ1) is 15.9. The van der Waals surface area contributed by atoms with E-state index in [4.69, 9.17) is 0 Å². The summed E-state index contributed by atoms with van der Waals surface area (Å²) in [4.78, 5) is 0.